The van der Waals surface area contributed by atoms with Crippen LogP contribution in [0.2, 0.25) is 0 Å². The average Bonchev–Trinajstić information content (AvgIpc) is 2.35. The van der Waals surface area contributed by atoms with Crippen LogP contribution in [-0.2, 0) is 16.0 Å². The Kier molecular flexibility index (Phi) is 3.55. The summed E-state index contributed by atoms with van der Waals surface area (Å²) in [5.41, 5.74) is 0.00554. The van der Waals surface area contributed by atoms with Gasteiger partial charge in [-0.2, -0.15) is 0 Å². The van der Waals surface area contributed by atoms with Crippen LogP contribution < -0.4 is 5.32 Å². The van der Waals surface area contributed by atoms with Crippen molar-refractivity contribution in [1.82, 2.24) is 10.2 Å². The number of rotatable bonds is 2. The summed E-state index contributed by atoms with van der Waals surface area (Å²) in [4.78, 5) is 24.3. The quantitative estimate of drug-likeness (QED) is 0.834. The molecular weight excluding hydrogens is 242 g/mol. The molecule has 1 N–H and O–H groups in total. The summed E-state index contributed by atoms with van der Waals surface area (Å²) in [6.45, 7) is 0.744. The van der Waals surface area contributed by atoms with E-state index in [1.807, 2.05) is 0 Å². The van der Waals surface area contributed by atoms with E-state index < -0.39 is 11.6 Å². The number of amides is 2. The largest absolute Gasteiger partial charge is 0.353 e. The topological polar surface area (TPSA) is 49.4 Å². The lowest BCUT2D eigenvalue weighted by Crippen LogP contribution is -2.50. The Bertz CT molecular complexity index is 491. The highest BCUT2D eigenvalue weighted by atomic mass is 19.2. The zero-order valence-electron chi connectivity index (χ0n) is 9.58. The SMILES string of the molecule is O=C1CN(C(=O)Cc2cccc(F)c2F)CCN1. The Morgan fingerprint density at radius 2 is 2.17 bits per heavy atom. The van der Waals surface area contributed by atoms with Crippen molar-refractivity contribution in [2.24, 2.45) is 0 Å². The van der Waals surface area contributed by atoms with E-state index in [1.165, 1.54) is 17.0 Å². The molecule has 6 heteroatoms. The molecule has 1 saturated heterocycles. The molecule has 1 aliphatic rings. The standard InChI is InChI=1S/C12H12F2N2O2/c13-9-3-1-2-8(12(9)14)6-11(18)16-5-4-15-10(17)7-16/h1-3H,4-7H2,(H,15,17). The first-order valence-electron chi connectivity index (χ1n) is 5.55. The fraction of sp³-hybridized carbons (Fsp3) is 0.333. The number of nitrogens with zero attached hydrogens (tertiary/aromatic N) is 1. The molecule has 1 aromatic rings. The van der Waals surface area contributed by atoms with Crippen molar-refractivity contribution in [3.05, 3.63) is 35.4 Å². The van der Waals surface area contributed by atoms with Crippen molar-refractivity contribution in [3.63, 3.8) is 0 Å². The number of benzene rings is 1. The van der Waals surface area contributed by atoms with Gasteiger partial charge in [0.1, 0.15) is 0 Å². The van der Waals surface area contributed by atoms with Gasteiger partial charge in [-0.3, -0.25) is 9.59 Å². The molecule has 0 atom stereocenters. The molecule has 0 spiro atoms. The lowest BCUT2D eigenvalue weighted by atomic mass is 10.1. The van der Waals surface area contributed by atoms with Crippen LogP contribution in [0.1, 0.15) is 5.56 Å². The van der Waals surface area contributed by atoms with E-state index in [-0.39, 0.29) is 30.3 Å². The van der Waals surface area contributed by atoms with Crippen molar-refractivity contribution >= 4 is 11.8 Å². The van der Waals surface area contributed by atoms with Crippen LogP contribution in [0.3, 0.4) is 0 Å². The Balaban J connectivity index is 2.07. The van der Waals surface area contributed by atoms with E-state index in [9.17, 15) is 18.4 Å². The fourth-order valence-electron chi connectivity index (χ4n) is 1.81. The van der Waals surface area contributed by atoms with Crippen molar-refractivity contribution in [1.29, 1.82) is 0 Å². The van der Waals surface area contributed by atoms with Crippen molar-refractivity contribution < 1.29 is 18.4 Å². The second kappa shape index (κ2) is 5.12. The van der Waals surface area contributed by atoms with Crippen LogP contribution in [0, 0.1) is 11.6 Å². The molecule has 1 fully saturated rings. The summed E-state index contributed by atoms with van der Waals surface area (Å²) in [7, 11) is 0. The number of hydrogen-bond donors (Lipinski definition) is 1. The number of nitrogens with one attached hydrogen (secondary N) is 1. The maximum absolute atomic E-state index is 13.4. The summed E-state index contributed by atoms with van der Waals surface area (Å²) in [5.74, 6) is -2.60. The lowest BCUT2D eigenvalue weighted by molar-refractivity contribution is -0.137. The number of carbonyl (C=O) groups excluding carboxylic acids is 2. The minimum Gasteiger partial charge on any atom is -0.353 e. The van der Waals surface area contributed by atoms with Crippen LogP contribution in [0.4, 0.5) is 8.78 Å². The number of hydrogen-bond acceptors (Lipinski definition) is 2. The van der Waals surface area contributed by atoms with Gasteiger partial charge in [0.05, 0.1) is 13.0 Å². The van der Waals surface area contributed by atoms with Crippen molar-refractivity contribution in [2.45, 2.75) is 6.42 Å². The summed E-state index contributed by atoms with van der Waals surface area (Å²) in [6, 6.07) is 3.71. The summed E-state index contributed by atoms with van der Waals surface area (Å²) in [5, 5.41) is 2.58. The highest BCUT2D eigenvalue weighted by Gasteiger charge is 2.22. The van der Waals surface area contributed by atoms with Gasteiger partial charge in [-0.1, -0.05) is 12.1 Å². The lowest BCUT2D eigenvalue weighted by Gasteiger charge is -2.26. The average molecular weight is 254 g/mol. The third-order valence-corrected chi connectivity index (χ3v) is 2.76. The summed E-state index contributed by atoms with van der Waals surface area (Å²) < 4.78 is 26.4. The third-order valence-electron chi connectivity index (χ3n) is 2.76. The smallest absolute Gasteiger partial charge is 0.239 e. The number of piperazine rings is 1. The second-order valence-corrected chi connectivity index (χ2v) is 4.05. The van der Waals surface area contributed by atoms with Crippen LogP contribution in [0.25, 0.3) is 0 Å². The van der Waals surface area contributed by atoms with Gasteiger partial charge < -0.3 is 10.2 Å². The Hall–Kier alpha value is -1.98. The first-order chi connectivity index (χ1) is 8.58. The highest BCUT2D eigenvalue weighted by molar-refractivity contribution is 5.86. The molecule has 18 heavy (non-hydrogen) atoms. The van der Waals surface area contributed by atoms with Gasteiger partial charge in [-0.25, -0.2) is 8.78 Å². The Morgan fingerprint density at radius 1 is 1.39 bits per heavy atom. The van der Waals surface area contributed by atoms with E-state index >= 15 is 0 Å². The fourth-order valence-corrected chi connectivity index (χ4v) is 1.81. The Morgan fingerprint density at radius 3 is 2.89 bits per heavy atom. The summed E-state index contributed by atoms with van der Waals surface area (Å²) >= 11 is 0. The summed E-state index contributed by atoms with van der Waals surface area (Å²) in [6.07, 6.45) is -0.239. The van der Waals surface area contributed by atoms with E-state index in [2.05, 4.69) is 5.32 Å². The molecule has 1 heterocycles. The zero-order chi connectivity index (χ0) is 13.1. The maximum atomic E-state index is 13.4. The molecule has 0 aromatic heterocycles. The molecule has 0 radical (unpaired) electrons. The number of halogens is 2. The van der Waals surface area contributed by atoms with E-state index in [4.69, 9.17) is 0 Å². The monoisotopic (exact) mass is 254 g/mol. The van der Waals surface area contributed by atoms with E-state index in [1.54, 1.807) is 0 Å². The Labute approximate surface area is 103 Å². The van der Waals surface area contributed by atoms with Gasteiger partial charge in [0.2, 0.25) is 11.8 Å². The van der Waals surface area contributed by atoms with Gasteiger partial charge >= 0.3 is 0 Å². The molecule has 1 aliphatic heterocycles. The maximum Gasteiger partial charge on any atom is 0.239 e. The molecule has 2 amide bonds. The van der Waals surface area contributed by atoms with E-state index in [0.29, 0.717) is 13.1 Å². The molecule has 0 aliphatic carbocycles. The van der Waals surface area contributed by atoms with Gasteiger partial charge in [0.15, 0.2) is 11.6 Å². The molecule has 0 bridgehead atoms. The normalized spacial score (nSPS) is 15.4. The third kappa shape index (κ3) is 2.64. The van der Waals surface area contributed by atoms with Crippen molar-refractivity contribution in [3.8, 4) is 0 Å². The van der Waals surface area contributed by atoms with Crippen molar-refractivity contribution in [2.75, 3.05) is 19.6 Å². The first-order valence-corrected chi connectivity index (χ1v) is 5.55. The molecule has 0 unspecified atom stereocenters. The number of carbonyl (C=O) groups is 2. The minimum atomic E-state index is -1.01. The second-order valence-electron chi connectivity index (χ2n) is 4.05. The zero-order valence-corrected chi connectivity index (χ0v) is 9.58. The van der Waals surface area contributed by atoms with Crippen LogP contribution in [0.15, 0.2) is 18.2 Å². The van der Waals surface area contributed by atoms with Gasteiger partial charge in [-0.05, 0) is 6.07 Å². The molecular formula is C12H12F2N2O2. The molecule has 96 valence electrons. The van der Waals surface area contributed by atoms with Gasteiger partial charge in [0, 0.05) is 18.7 Å². The molecule has 0 saturated carbocycles. The molecule has 4 nitrogen and oxygen atoms in total. The first kappa shape index (κ1) is 12.5. The highest BCUT2D eigenvalue weighted by Crippen LogP contribution is 2.13. The minimum absolute atomic E-state index is 0.00554. The van der Waals surface area contributed by atoms with Crippen LogP contribution >= 0.6 is 0 Å². The predicted molar refractivity (Wildman–Crippen MR) is 59.7 cm³/mol. The van der Waals surface area contributed by atoms with Crippen LogP contribution in [-0.4, -0.2) is 36.3 Å². The van der Waals surface area contributed by atoms with Gasteiger partial charge in [-0.15, -0.1) is 0 Å². The predicted octanol–water partition coefficient (Wildman–Crippen LogP) is 0.466. The molecule has 1 aromatic carbocycles. The molecule has 2 rings (SSSR count). The van der Waals surface area contributed by atoms with Gasteiger partial charge in [0.25, 0.3) is 0 Å². The van der Waals surface area contributed by atoms with Crippen LogP contribution in [0.5, 0.6) is 0 Å². The van der Waals surface area contributed by atoms with E-state index in [0.717, 1.165) is 6.07 Å².